The number of benzene rings is 1. The first-order chi connectivity index (χ1) is 9.14. The lowest BCUT2D eigenvalue weighted by atomic mass is 9.72. The molecule has 4 heteroatoms. The van der Waals surface area contributed by atoms with Gasteiger partial charge < -0.3 is 0 Å². The molecular weight excluding hydrogens is 256 g/mol. The second-order valence-electron chi connectivity index (χ2n) is 5.48. The molecule has 1 aliphatic rings. The molecule has 0 atom stereocenters. The maximum Gasteiger partial charge on any atom is 0.235 e. The van der Waals surface area contributed by atoms with Gasteiger partial charge in [0.1, 0.15) is 0 Å². The van der Waals surface area contributed by atoms with E-state index in [1.807, 2.05) is 6.07 Å². The van der Waals surface area contributed by atoms with Crippen molar-refractivity contribution < 1.29 is 4.79 Å². The zero-order chi connectivity index (χ0) is 13.5. The minimum Gasteiger partial charge on any atom is -0.241 e. The Morgan fingerprint density at radius 3 is 2.79 bits per heavy atom. The molecule has 1 fully saturated rings. The van der Waals surface area contributed by atoms with Crippen LogP contribution in [0.25, 0.3) is 10.2 Å². The van der Waals surface area contributed by atoms with E-state index in [0.29, 0.717) is 5.92 Å². The third-order valence-corrected chi connectivity index (χ3v) is 5.20. The Hall–Kier alpha value is -1.51. The average molecular weight is 272 g/mol. The van der Waals surface area contributed by atoms with Crippen molar-refractivity contribution in [2.24, 2.45) is 4.99 Å². The summed E-state index contributed by atoms with van der Waals surface area (Å²) in [6.45, 7) is 4.31. The van der Waals surface area contributed by atoms with Crippen LogP contribution < -0.4 is 0 Å². The molecular formula is C15H16N2OS. The van der Waals surface area contributed by atoms with Crippen molar-refractivity contribution in [3.05, 3.63) is 28.8 Å². The number of carbonyl (C=O) groups excluding carboxylic acids is 1. The van der Waals surface area contributed by atoms with E-state index in [1.54, 1.807) is 17.4 Å². The van der Waals surface area contributed by atoms with Crippen LogP contribution in [-0.4, -0.2) is 11.1 Å². The highest BCUT2D eigenvalue weighted by Crippen LogP contribution is 2.45. The molecule has 3 rings (SSSR count). The van der Waals surface area contributed by atoms with Gasteiger partial charge >= 0.3 is 0 Å². The Bertz CT molecular complexity index is 664. The van der Waals surface area contributed by atoms with Crippen LogP contribution in [0.4, 0.5) is 0 Å². The molecule has 2 aromatic rings. The monoisotopic (exact) mass is 272 g/mol. The third kappa shape index (κ3) is 2.01. The summed E-state index contributed by atoms with van der Waals surface area (Å²) in [6.07, 6.45) is 4.77. The Labute approximate surface area is 116 Å². The number of fused-ring (bicyclic) bond motifs is 1. The van der Waals surface area contributed by atoms with Crippen LogP contribution in [-0.2, 0) is 10.3 Å². The minimum atomic E-state index is -0.308. The van der Waals surface area contributed by atoms with Crippen LogP contribution in [0.5, 0.6) is 0 Å². The molecule has 0 amide bonds. The van der Waals surface area contributed by atoms with Gasteiger partial charge in [-0.15, -0.1) is 11.3 Å². The van der Waals surface area contributed by atoms with Gasteiger partial charge in [-0.05, 0) is 37.0 Å². The predicted octanol–water partition coefficient (Wildman–Crippen LogP) is 4.13. The summed E-state index contributed by atoms with van der Waals surface area (Å²) in [7, 11) is 0. The lowest BCUT2D eigenvalue weighted by Crippen LogP contribution is -2.31. The van der Waals surface area contributed by atoms with E-state index < -0.39 is 0 Å². The largest absolute Gasteiger partial charge is 0.241 e. The number of aliphatic imine (C=N–C) groups is 1. The zero-order valence-corrected chi connectivity index (χ0v) is 12.0. The van der Waals surface area contributed by atoms with Gasteiger partial charge in [0.25, 0.3) is 0 Å². The molecule has 0 radical (unpaired) electrons. The van der Waals surface area contributed by atoms with Crippen molar-refractivity contribution >= 4 is 27.6 Å². The Balaban J connectivity index is 2.08. The van der Waals surface area contributed by atoms with Crippen molar-refractivity contribution in [1.29, 1.82) is 0 Å². The molecule has 0 saturated heterocycles. The second kappa shape index (κ2) is 4.55. The lowest BCUT2D eigenvalue weighted by Gasteiger charge is -2.37. The molecule has 0 unspecified atom stereocenters. The molecule has 1 heterocycles. The van der Waals surface area contributed by atoms with Crippen LogP contribution in [0.1, 0.15) is 49.6 Å². The topological polar surface area (TPSA) is 42.3 Å². The van der Waals surface area contributed by atoms with Crippen molar-refractivity contribution in [2.75, 3.05) is 0 Å². The fourth-order valence-electron chi connectivity index (χ4n) is 2.54. The van der Waals surface area contributed by atoms with Gasteiger partial charge in [-0.3, -0.25) is 0 Å². The van der Waals surface area contributed by atoms with Crippen LogP contribution in [0.15, 0.2) is 23.2 Å². The van der Waals surface area contributed by atoms with Crippen molar-refractivity contribution in [1.82, 2.24) is 4.98 Å². The summed E-state index contributed by atoms with van der Waals surface area (Å²) >= 11 is 1.74. The van der Waals surface area contributed by atoms with E-state index in [2.05, 4.69) is 36.0 Å². The average Bonchev–Trinajstić information content (AvgIpc) is 2.76. The van der Waals surface area contributed by atoms with Crippen molar-refractivity contribution in [3.8, 4) is 0 Å². The zero-order valence-electron chi connectivity index (χ0n) is 11.1. The number of hydrogen-bond acceptors (Lipinski definition) is 4. The Kier molecular flexibility index (Phi) is 3.00. The first-order valence-corrected chi connectivity index (χ1v) is 7.46. The van der Waals surface area contributed by atoms with Crippen LogP contribution in [0.3, 0.4) is 0 Å². The maximum absolute atomic E-state index is 10.6. The first-order valence-electron chi connectivity index (χ1n) is 6.65. The molecule has 19 heavy (non-hydrogen) atoms. The summed E-state index contributed by atoms with van der Waals surface area (Å²) in [5.41, 5.74) is 1.87. The van der Waals surface area contributed by atoms with Gasteiger partial charge in [0.15, 0.2) is 0 Å². The minimum absolute atomic E-state index is 0.308. The van der Waals surface area contributed by atoms with Gasteiger partial charge in [-0.25, -0.2) is 9.78 Å². The van der Waals surface area contributed by atoms with E-state index in [9.17, 15) is 4.79 Å². The highest BCUT2D eigenvalue weighted by Gasteiger charge is 2.39. The fraction of sp³-hybridized carbons (Fsp3) is 0.467. The number of thiazole rings is 1. The quantitative estimate of drug-likeness (QED) is 0.622. The lowest BCUT2D eigenvalue weighted by molar-refractivity contribution is 0.256. The van der Waals surface area contributed by atoms with Gasteiger partial charge in [-0.2, -0.15) is 4.99 Å². The number of nitrogens with zero attached hydrogens (tertiary/aromatic N) is 2. The third-order valence-electron chi connectivity index (χ3n) is 3.88. The SMILES string of the molecule is CC(C)c1nc2ccc(C3(N=C=O)CCC3)cc2s1. The molecule has 1 aliphatic carbocycles. The number of hydrogen-bond donors (Lipinski definition) is 0. The molecule has 1 aromatic heterocycles. The van der Waals surface area contributed by atoms with E-state index in [4.69, 9.17) is 0 Å². The normalized spacial score (nSPS) is 17.2. The smallest absolute Gasteiger partial charge is 0.235 e. The number of rotatable bonds is 3. The second-order valence-corrected chi connectivity index (χ2v) is 6.54. The molecule has 1 saturated carbocycles. The van der Waals surface area contributed by atoms with Crippen molar-refractivity contribution in [2.45, 2.75) is 44.6 Å². The summed E-state index contributed by atoms with van der Waals surface area (Å²) in [6, 6.07) is 6.26. The van der Waals surface area contributed by atoms with Crippen LogP contribution >= 0.6 is 11.3 Å². The molecule has 0 spiro atoms. The summed E-state index contributed by atoms with van der Waals surface area (Å²) in [4.78, 5) is 19.3. The van der Waals surface area contributed by atoms with E-state index in [0.717, 1.165) is 35.4 Å². The molecule has 0 aliphatic heterocycles. The number of isocyanates is 1. The molecule has 0 bridgehead atoms. The van der Waals surface area contributed by atoms with Gasteiger partial charge in [0, 0.05) is 5.92 Å². The Morgan fingerprint density at radius 2 is 2.21 bits per heavy atom. The highest BCUT2D eigenvalue weighted by molar-refractivity contribution is 7.18. The van der Waals surface area contributed by atoms with Gasteiger partial charge in [0.05, 0.1) is 20.8 Å². The molecule has 0 N–H and O–H groups in total. The van der Waals surface area contributed by atoms with E-state index in [1.165, 1.54) is 4.70 Å². The maximum atomic E-state index is 10.6. The Morgan fingerprint density at radius 1 is 1.42 bits per heavy atom. The summed E-state index contributed by atoms with van der Waals surface area (Å²) in [5, 5.41) is 1.16. The summed E-state index contributed by atoms with van der Waals surface area (Å²) in [5.74, 6) is 0.450. The first kappa shape index (κ1) is 12.5. The molecule has 3 nitrogen and oxygen atoms in total. The standard InChI is InChI=1S/C15H16N2OS/c1-10(2)14-17-12-5-4-11(8-13(12)19-14)15(16-9-18)6-3-7-15/h4-5,8,10H,3,6-7H2,1-2H3. The highest BCUT2D eigenvalue weighted by atomic mass is 32.1. The van der Waals surface area contributed by atoms with Gasteiger partial charge in [0.2, 0.25) is 6.08 Å². The van der Waals surface area contributed by atoms with Crippen LogP contribution in [0, 0.1) is 0 Å². The van der Waals surface area contributed by atoms with Crippen molar-refractivity contribution in [3.63, 3.8) is 0 Å². The van der Waals surface area contributed by atoms with E-state index >= 15 is 0 Å². The molecule has 98 valence electrons. The van der Waals surface area contributed by atoms with Crippen LogP contribution in [0.2, 0.25) is 0 Å². The number of aromatic nitrogens is 1. The van der Waals surface area contributed by atoms with Gasteiger partial charge in [-0.1, -0.05) is 19.9 Å². The predicted molar refractivity (Wildman–Crippen MR) is 77.4 cm³/mol. The summed E-state index contributed by atoms with van der Waals surface area (Å²) < 4.78 is 1.19. The molecule has 1 aromatic carbocycles. The fourth-order valence-corrected chi connectivity index (χ4v) is 3.55. The van der Waals surface area contributed by atoms with E-state index in [-0.39, 0.29) is 5.54 Å².